The minimum atomic E-state index is -0.744. The van der Waals surface area contributed by atoms with E-state index < -0.39 is 70.5 Å². The van der Waals surface area contributed by atoms with Crippen molar-refractivity contribution in [2.75, 3.05) is 11.1 Å². The molecule has 6 aliphatic heterocycles. The van der Waals surface area contributed by atoms with Crippen molar-refractivity contribution in [3.8, 4) is 22.5 Å². The van der Waals surface area contributed by atoms with Crippen molar-refractivity contribution in [2.45, 2.75) is 200 Å². The summed E-state index contributed by atoms with van der Waals surface area (Å²) >= 11 is 20.8. The number of benzene rings is 6. The van der Waals surface area contributed by atoms with Crippen LogP contribution in [-0.2, 0) is 57.1 Å². The number of hydrogen-bond acceptors (Lipinski definition) is 13. The molecule has 113 heavy (non-hydrogen) atoms. The zero-order chi connectivity index (χ0) is 82.0. The first-order valence-electron chi connectivity index (χ1n) is 36.4. The summed E-state index contributed by atoms with van der Waals surface area (Å²) < 4.78 is 160. The monoisotopic (exact) mass is 1790 g/mol. The van der Waals surface area contributed by atoms with Crippen LogP contribution in [0.5, 0.6) is 0 Å². The van der Waals surface area contributed by atoms with E-state index >= 15 is 0 Å². The molecule has 0 aliphatic carbocycles. The minimum absolute atomic E-state index is 0.0165. The van der Waals surface area contributed by atoms with Crippen LogP contribution in [0.2, 0.25) is 10.6 Å². The quantitative estimate of drug-likeness (QED) is 0.0734. The second-order valence-corrected chi connectivity index (χ2v) is 36.2. The zero-order valence-corrected chi connectivity index (χ0v) is 70.4. The highest BCUT2D eigenvalue weighted by atomic mass is 79.9. The summed E-state index contributed by atoms with van der Waals surface area (Å²) in [7, 11) is -0.565. The molecule has 0 bridgehead atoms. The summed E-state index contributed by atoms with van der Waals surface area (Å²) in [5, 5.41) is 2.57. The van der Waals surface area contributed by atoms with Crippen molar-refractivity contribution in [3.05, 3.63) is 191 Å². The first kappa shape index (κ1) is 82.9. The maximum Gasteiger partial charge on any atom is 0.495 e. The number of fused-ring (bicyclic) bond motifs is 12. The Morgan fingerprint density at radius 2 is 0.726 bits per heavy atom. The molecule has 12 heterocycles. The summed E-state index contributed by atoms with van der Waals surface area (Å²) in [6.45, 7) is 29.0. The highest BCUT2D eigenvalue weighted by Crippen LogP contribution is 2.44. The van der Waals surface area contributed by atoms with E-state index in [4.69, 9.17) is 38.2 Å². The van der Waals surface area contributed by atoms with Gasteiger partial charge in [-0.1, -0.05) is 47.8 Å². The molecule has 6 aromatic carbocycles. The second-order valence-electron chi connectivity index (χ2n) is 32.8. The Labute approximate surface area is 680 Å². The number of nitrogens with zero attached hydrogens (tertiary/aromatic N) is 13. The lowest BCUT2D eigenvalue weighted by molar-refractivity contribution is 0.00578. The molecule has 6 aliphatic rings. The number of anilines is 2. The molecule has 1 fully saturated rings. The van der Waals surface area contributed by atoms with Gasteiger partial charge in [0, 0.05) is 78.8 Å². The number of aromatic nitrogens is 12. The topological polar surface area (TPSA) is 192 Å². The lowest BCUT2D eigenvalue weighted by Gasteiger charge is -2.32. The van der Waals surface area contributed by atoms with Crippen LogP contribution in [0.15, 0.2) is 104 Å². The van der Waals surface area contributed by atoms with Crippen molar-refractivity contribution in [1.29, 1.82) is 0 Å². The molecule has 0 radical (unpaired) electrons. The van der Waals surface area contributed by atoms with Gasteiger partial charge in [0.25, 0.3) is 0 Å². The van der Waals surface area contributed by atoms with Crippen LogP contribution in [-0.4, -0.2) is 87.8 Å². The second kappa shape index (κ2) is 30.5. The lowest BCUT2D eigenvalue weighted by atomic mass is 9.79. The first-order chi connectivity index (χ1) is 52.7. The molecule has 1 saturated heterocycles. The number of imidazole rings is 4. The van der Waals surface area contributed by atoms with Gasteiger partial charge < -0.3 is 38.6 Å². The third-order valence-corrected chi connectivity index (χ3v) is 23.4. The molecule has 12 aromatic rings. The van der Waals surface area contributed by atoms with Crippen LogP contribution in [0.3, 0.4) is 0 Å². The van der Waals surface area contributed by atoms with Crippen molar-refractivity contribution in [1.82, 2.24) is 58.1 Å². The van der Waals surface area contributed by atoms with Gasteiger partial charge in [0.1, 0.15) is 85.6 Å². The Balaban J connectivity index is 0.000000121. The number of rotatable bonds is 4. The number of aryl methyl sites for hydroxylation is 4. The van der Waals surface area contributed by atoms with Gasteiger partial charge >= 0.3 is 7.12 Å². The summed E-state index contributed by atoms with van der Waals surface area (Å²) in [6, 6.07) is 17.5. The van der Waals surface area contributed by atoms with Gasteiger partial charge in [-0.2, -0.15) is 0 Å². The van der Waals surface area contributed by atoms with E-state index in [1.807, 2.05) is 62.8 Å². The number of amidine groups is 1. The molecule has 594 valence electrons. The first-order valence-corrected chi connectivity index (χ1v) is 39.5. The maximum atomic E-state index is 14.7. The van der Waals surface area contributed by atoms with E-state index in [0.717, 1.165) is 121 Å². The molecule has 6 aromatic heterocycles. The molecule has 17 nitrogen and oxygen atoms in total. The van der Waals surface area contributed by atoms with Gasteiger partial charge in [-0.05, 0) is 230 Å². The molecule has 0 unspecified atom stereocenters. The average Bonchev–Trinajstić information content (AvgIpc) is 1.60. The van der Waals surface area contributed by atoms with E-state index in [1.165, 1.54) is 36.4 Å². The van der Waals surface area contributed by atoms with E-state index in [0.29, 0.717) is 70.9 Å². The SMILES string of the molecule is CC1(C)CCC(Nc2c(F)cc(Br)cc2F)=N1.CC1(C)CCc2nc3c(F)cc(-c4nc(Cl)ncc4F)cc3n21.CC1(C)CCc2nc3c(F)cc(-c4nc(Cl)ncc4F)cc3n21.CC1(C)CCc2nc3c(F)cc(B4OC(C)(C)C(C)(C)O4)cc3n21.CC1(C)CCc2nc3c(F)cc(Br)cc3n21.Nc1c(F)cc(Br)cc1F. The van der Waals surface area contributed by atoms with E-state index in [9.17, 15) is 43.9 Å². The van der Waals surface area contributed by atoms with Crippen LogP contribution in [0, 0.1) is 58.2 Å². The Bertz CT molecular complexity index is 5630. The number of hydrogen-bond donors (Lipinski definition) is 2. The molecule has 0 spiro atoms. The van der Waals surface area contributed by atoms with Crippen LogP contribution in [0.25, 0.3) is 66.6 Å². The van der Waals surface area contributed by atoms with Crippen molar-refractivity contribution in [3.63, 3.8) is 0 Å². The number of nitrogens with two attached hydrogens (primary N) is 1. The number of nitrogens with one attached hydrogen (secondary N) is 1. The number of aliphatic imine (C=N–C) groups is 1. The maximum absolute atomic E-state index is 14.7. The predicted molar refractivity (Wildman–Crippen MR) is 432 cm³/mol. The van der Waals surface area contributed by atoms with Crippen LogP contribution < -0.4 is 16.5 Å². The predicted octanol–water partition coefficient (Wildman–Crippen LogP) is 21.4. The Hall–Kier alpha value is -8.07. The third-order valence-electron chi connectivity index (χ3n) is 21.6. The van der Waals surface area contributed by atoms with Crippen LogP contribution >= 0.6 is 71.0 Å². The Morgan fingerprint density at radius 1 is 0.398 bits per heavy atom. The molecule has 0 atom stereocenters. The van der Waals surface area contributed by atoms with Crippen LogP contribution in [0.1, 0.15) is 159 Å². The van der Waals surface area contributed by atoms with Gasteiger partial charge in [-0.3, -0.25) is 4.99 Å². The minimum Gasteiger partial charge on any atom is -0.399 e. The van der Waals surface area contributed by atoms with Crippen molar-refractivity contribution in [2.24, 2.45) is 4.99 Å². The van der Waals surface area contributed by atoms with Gasteiger partial charge in [-0.15, -0.1) is 0 Å². The Morgan fingerprint density at radius 3 is 1.10 bits per heavy atom. The highest BCUT2D eigenvalue weighted by molar-refractivity contribution is 9.11. The van der Waals surface area contributed by atoms with Gasteiger partial charge in [0.15, 0.2) is 46.5 Å². The lowest BCUT2D eigenvalue weighted by Crippen LogP contribution is -2.41. The van der Waals surface area contributed by atoms with Gasteiger partial charge in [-0.25, -0.2) is 83.8 Å². The largest absolute Gasteiger partial charge is 0.495 e. The molecule has 33 heteroatoms. The number of nitrogen functional groups attached to an aromatic ring is 1. The summed E-state index contributed by atoms with van der Waals surface area (Å²) in [6.07, 6.45) is 10.9. The molecule has 3 N–H and O–H groups in total. The molecule has 0 amide bonds. The van der Waals surface area contributed by atoms with Crippen molar-refractivity contribution >= 4 is 145 Å². The van der Waals surface area contributed by atoms with E-state index in [2.05, 4.69) is 162 Å². The fourth-order valence-corrected chi connectivity index (χ4v) is 16.5. The molecular formula is C80H79BBr3Cl2F10N15O2. The van der Waals surface area contributed by atoms with Gasteiger partial charge in [0.05, 0.1) is 51.2 Å². The average molecular weight is 1790 g/mol. The third kappa shape index (κ3) is 16.5. The van der Waals surface area contributed by atoms with Crippen LogP contribution in [0.4, 0.5) is 55.3 Å². The highest BCUT2D eigenvalue weighted by Gasteiger charge is 2.52. The van der Waals surface area contributed by atoms with Gasteiger partial charge in [0.2, 0.25) is 10.6 Å². The normalized spacial score (nSPS) is 17.7. The van der Waals surface area contributed by atoms with Crippen molar-refractivity contribution < 1.29 is 53.2 Å². The molecule has 18 rings (SSSR count). The van der Waals surface area contributed by atoms with E-state index in [1.54, 1.807) is 12.1 Å². The Kier molecular flexibility index (Phi) is 22.4. The zero-order valence-electron chi connectivity index (χ0n) is 64.1. The fraction of sp³-hybridized carbons (Fsp3) is 0.388. The molecule has 0 saturated carbocycles. The number of halogens is 15. The smallest absolute Gasteiger partial charge is 0.399 e. The van der Waals surface area contributed by atoms with E-state index in [-0.39, 0.29) is 67.0 Å². The summed E-state index contributed by atoms with van der Waals surface area (Å²) in [4.78, 5) is 37.0. The molecular weight excluding hydrogens is 1710 g/mol. The summed E-state index contributed by atoms with van der Waals surface area (Å²) in [5.41, 5.74) is 8.92. The summed E-state index contributed by atoms with van der Waals surface area (Å²) in [5.74, 6) is -1.28. The fourth-order valence-electron chi connectivity index (χ4n) is 15.0. The standard InChI is InChI=1S/C18H24BFN2O2.2C16H13ClF2N4.C12H13BrF2N2.C12H12BrFN2.C6H4BrF2N/c1-16(2)8-7-14-21-15-12(20)9-11(10-13(15)22(14)16)19-23-17(3,4)18(5,6)24-19;2*1-16(2)4-3-12-21-14-9(18)5-8(6-11(14)23(12)16)13-10(19)7-20-15(17)22-13;1-12(2)4-3-10(17-12)16-11-8(14)5-7(13)6-9(11)15;1-12(2)4-3-10-15-11-8(14)5-7(13)6-9(11)16(10)12;7-3-1-4(8)6(10)5(9)2-3/h9-10H,7-8H2,1-6H3;2*5-7H,3-4H2,1-2H3;5-6H,3-4H2,1-2H3,(H,16,17);5-6H,3-4H2,1-2H3;1-2H,10H2.